The van der Waals surface area contributed by atoms with Gasteiger partial charge in [-0.05, 0) is 32.8 Å². The Balaban J connectivity index is 0.00000441. The first kappa shape index (κ1) is 21.0. The van der Waals surface area contributed by atoms with Crippen molar-refractivity contribution in [3.05, 3.63) is 29.8 Å². The Labute approximate surface area is 152 Å². The van der Waals surface area contributed by atoms with Gasteiger partial charge in [-0.1, -0.05) is 32.0 Å². The Hall–Kier alpha value is -0.980. The van der Waals surface area contributed by atoms with Crippen molar-refractivity contribution in [3.63, 3.8) is 0 Å². The Morgan fingerprint density at radius 1 is 1.23 bits per heavy atom. The maximum Gasteiger partial charge on any atom is 0.191 e. The summed E-state index contributed by atoms with van der Waals surface area (Å²) in [7, 11) is 1.78. The largest absolute Gasteiger partial charge is 0.493 e. The third-order valence-corrected chi connectivity index (χ3v) is 2.71. The number of aliphatic imine (C=N–C) groups is 1. The van der Waals surface area contributed by atoms with E-state index in [0.29, 0.717) is 12.5 Å². The topological polar surface area (TPSA) is 45.7 Å². The number of ether oxygens (including phenoxy) is 1. The minimum Gasteiger partial charge on any atom is -0.493 e. The van der Waals surface area contributed by atoms with Gasteiger partial charge in [-0.3, -0.25) is 4.99 Å². The van der Waals surface area contributed by atoms with E-state index in [4.69, 9.17) is 4.74 Å². The van der Waals surface area contributed by atoms with Crippen LogP contribution in [0.5, 0.6) is 5.75 Å². The predicted molar refractivity (Wildman–Crippen MR) is 105 cm³/mol. The first-order valence-corrected chi connectivity index (χ1v) is 7.51. The summed E-state index contributed by atoms with van der Waals surface area (Å²) in [5.74, 6) is 2.24. The molecule has 0 saturated heterocycles. The average molecular weight is 419 g/mol. The third kappa shape index (κ3) is 8.46. The van der Waals surface area contributed by atoms with E-state index in [-0.39, 0.29) is 29.5 Å². The monoisotopic (exact) mass is 419 g/mol. The van der Waals surface area contributed by atoms with E-state index in [9.17, 15) is 0 Å². The number of halogens is 1. The lowest BCUT2D eigenvalue weighted by Gasteiger charge is -2.24. The van der Waals surface area contributed by atoms with E-state index in [1.54, 1.807) is 7.05 Å². The molecule has 0 unspecified atom stereocenters. The first-order valence-electron chi connectivity index (χ1n) is 7.51. The summed E-state index contributed by atoms with van der Waals surface area (Å²) in [5.41, 5.74) is 1.12. The Kier molecular flexibility index (Phi) is 9.48. The van der Waals surface area contributed by atoms with Crippen LogP contribution in [0.1, 0.15) is 40.2 Å². The molecule has 5 heteroatoms. The number of hydrogen-bond donors (Lipinski definition) is 2. The third-order valence-electron chi connectivity index (χ3n) is 2.71. The molecule has 1 aromatic rings. The molecule has 0 atom stereocenters. The number of para-hydroxylation sites is 1. The first-order chi connectivity index (χ1) is 9.81. The number of nitrogens with zero attached hydrogens (tertiary/aromatic N) is 1. The maximum absolute atomic E-state index is 5.87. The maximum atomic E-state index is 5.87. The molecule has 126 valence electrons. The van der Waals surface area contributed by atoms with Gasteiger partial charge in [0.2, 0.25) is 0 Å². The van der Waals surface area contributed by atoms with Crippen molar-refractivity contribution in [3.8, 4) is 5.75 Å². The highest BCUT2D eigenvalue weighted by Crippen LogP contribution is 2.18. The van der Waals surface area contributed by atoms with Crippen molar-refractivity contribution >= 4 is 29.9 Å². The molecule has 0 aromatic heterocycles. The average Bonchev–Trinajstić information content (AvgIpc) is 2.40. The lowest BCUT2D eigenvalue weighted by Crippen LogP contribution is -2.47. The highest BCUT2D eigenvalue weighted by atomic mass is 127. The molecule has 22 heavy (non-hydrogen) atoms. The van der Waals surface area contributed by atoms with E-state index in [1.807, 2.05) is 18.2 Å². The van der Waals surface area contributed by atoms with Crippen LogP contribution in [0.2, 0.25) is 0 Å². The molecule has 0 spiro atoms. The van der Waals surface area contributed by atoms with Gasteiger partial charge >= 0.3 is 0 Å². The second kappa shape index (κ2) is 9.92. The molecule has 0 amide bonds. The molecule has 0 aliphatic carbocycles. The molecule has 2 N–H and O–H groups in total. The smallest absolute Gasteiger partial charge is 0.191 e. The lowest BCUT2D eigenvalue weighted by atomic mass is 10.1. The molecule has 1 rings (SSSR count). The highest BCUT2D eigenvalue weighted by molar-refractivity contribution is 14.0. The summed E-state index contributed by atoms with van der Waals surface area (Å²) in [5, 5.41) is 6.67. The van der Waals surface area contributed by atoms with Gasteiger partial charge in [0.15, 0.2) is 5.96 Å². The van der Waals surface area contributed by atoms with Gasteiger partial charge in [0.05, 0.1) is 6.61 Å². The van der Waals surface area contributed by atoms with Gasteiger partial charge in [0.1, 0.15) is 5.75 Å². The summed E-state index contributed by atoms with van der Waals surface area (Å²) < 4.78 is 5.87. The second-order valence-electron chi connectivity index (χ2n) is 6.61. The molecular formula is C17H30IN3O. The minimum absolute atomic E-state index is 0. The fourth-order valence-corrected chi connectivity index (χ4v) is 1.76. The molecule has 0 saturated carbocycles. The zero-order chi connectivity index (χ0) is 15.9. The lowest BCUT2D eigenvalue weighted by molar-refractivity contribution is 0.268. The number of benzene rings is 1. The van der Waals surface area contributed by atoms with Crippen LogP contribution >= 0.6 is 24.0 Å². The summed E-state index contributed by atoms with van der Waals surface area (Å²) in [6.07, 6.45) is 0. The second-order valence-corrected chi connectivity index (χ2v) is 6.61. The van der Waals surface area contributed by atoms with Crippen LogP contribution in [0.4, 0.5) is 0 Å². The molecule has 0 aliphatic rings. The fourth-order valence-electron chi connectivity index (χ4n) is 1.76. The Morgan fingerprint density at radius 3 is 2.41 bits per heavy atom. The van der Waals surface area contributed by atoms with Crippen molar-refractivity contribution in [2.75, 3.05) is 13.7 Å². The predicted octanol–water partition coefficient (Wildman–Crippen LogP) is 3.80. The minimum atomic E-state index is -0.0183. The molecule has 0 fully saturated rings. The van der Waals surface area contributed by atoms with Gasteiger partial charge in [-0.15, -0.1) is 24.0 Å². The van der Waals surface area contributed by atoms with Crippen LogP contribution in [-0.4, -0.2) is 25.2 Å². The van der Waals surface area contributed by atoms with Crippen molar-refractivity contribution in [1.82, 2.24) is 10.6 Å². The van der Waals surface area contributed by atoms with Crippen LogP contribution in [0, 0.1) is 5.92 Å². The van der Waals surface area contributed by atoms with E-state index in [0.717, 1.165) is 23.9 Å². The van der Waals surface area contributed by atoms with Crippen LogP contribution in [0.25, 0.3) is 0 Å². The SMILES string of the molecule is CN=C(NCc1ccccc1OCC(C)C)NC(C)(C)C.I. The number of rotatable bonds is 5. The van der Waals surface area contributed by atoms with Crippen LogP contribution in [-0.2, 0) is 6.54 Å². The zero-order valence-corrected chi connectivity index (χ0v) is 16.9. The Bertz CT molecular complexity index is 467. The molecule has 4 nitrogen and oxygen atoms in total. The van der Waals surface area contributed by atoms with E-state index < -0.39 is 0 Å². The van der Waals surface area contributed by atoms with Gasteiger partial charge in [0, 0.05) is 24.7 Å². The quantitative estimate of drug-likeness (QED) is 0.434. The van der Waals surface area contributed by atoms with E-state index in [2.05, 4.69) is 56.3 Å². The van der Waals surface area contributed by atoms with Crippen LogP contribution in [0.15, 0.2) is 29.3 Å². The van der Waals surface area contributed by atoms with E-state index >= 15 is 0 Å². The van der Waals surface area contributed by atoms with Gasteiger partial charge < -0.3 is 15.4 Å². The normalized spacial score (nSPS) is 11.9. The van der Waals surface area contributed by atoms with Crippen molar-refractivity contribution < 1.29 is 4.74 Å². The zero-order valence-electron chi connectivity index (χ0n) is 14.6. The Morgan fingerprint density at radius 2 is 1.86 bits per heavy atom. The summed E-state index contributed by atoms with van der Waals surface area (Å²) >= 11 is 0. The van der Waals surface area contributed by atoms with Crippen molar-refractivity contribution in [2.45, 2.75) is 46.7 Å². The number of guanidine groups is 1. The van der Waals surface area contributed by atoms with Crippen LogP contribution < -0.4 is 15.4 Å². The number of nitrogens with one attached hydrogen (secondary N) is 2. The molecular weight excluding hydrogens is 389 g/mol. The number of hydrogen-bond acceptors (Lipinski definition) is 2. The molecule has 0 radical (unpaired) electrons. The van der Waals surface area contributed by atoms with Gasteiger partial charge in [-0.25, -0.2) is 0 Å². The summed E-state index contributed by atoms with van der Waals surface area (Å²) in [6.45, 7) is 12.0. The van der Waals surface area contributed by atoms with Crippen molar-refractivity contribution in [2.24, 2.45) is 10.9 Å². The summed E-state index contributed by atoms with van der Waals surface area (Å²) in [4.78, 5) is 4.25. The molecule has 0 bridgehead atoms. The molecule has 1 aromatic carbocycles. The molecule has 0 aliphatic heterocycles. The van der Waals surface area contributed by atoms with Crippen LogP contribution in [0.3, 0.4) is 0 Å². The van der Waals surface area contributed by atoms with E-state index in [1.165, 1.54) is 0 Å². The van der Waals surface area contributed by atoms with Gasteiger partial charge in [-0.2, -0.15) is 0 Å². The highest BCUT2D eigenvalue weighted by Gasteiger charge is 2.12. The van der Waals surface area contributed by atoms with Crippen molar-refractivity contribution in [1.29, 1.82) is 0 Å². The molecule has 0 heterocycles. The standard InChI is InChI=1S/C17H29N3O.HI/c1-13(2)12-21-15-10-8-7-9-14(15)11-19-16(18-6)20-17(3,4)5;/h7-10,13H,11-12H2,1-6H3,(H2,18,19,20);1H. The summed E-state index contributed by atoms with van der Waals surface area (Å²) in [6, 6.07) is 8.12. The fraction of sp³-hybridized carbons (Fsp3) is 0.588. The van der Waals surface area contributed by atoms with Gasteiger partial charge in [0.25, 0.3) is 0 Å².